The van der Waals surface area contributed by atoms with Crippen molar-refractivity contribution in [1.82, 2.24) is 4.98 Å². The Kier molecular flexibility index (Phi) is 3.76. The van der Waals surface area contributed by atoms with E-state index in [9.17, 15) is 17.2 Å². The van der Waals surface area contributed by atoms with Crippen LogP contribution in [0.15, 0.2) is 11.1 Å². The fourth-order valence-corrected chi connectivity index (χ4v) is 2.28. The Morgan fingerprint density at radius 3 is 2.50 bits per heavy atom. The summed E-state index contributed by atoms with van der Waals surface area (Å²) in [5.41, 5.74) is -1.37. The first kappa shape index (κ1) is 13.2. The molecule has 0 aromatic carbocycles. The monoisotopic (exact) mass is 359 g/mol. The second-order valence-electron chi connectivity index (χ2n) is 2.66. The molecule has 5 nitrogen and oxygen atoms in total. The van der Waals surface area contributed by atoms with Gasteiger partial charge in [-0.15, -0.1) is 0 Å². The maximum atomic E-state index is 12.7. The van der Waals surface area contributed by atoms with E-state index in [-0.39, 0.29) is 3.70 Å². The van der Waals surface area contributed by atoms with Gasteiger partial charge in [-0.2, -0.15) is 5.26 Å². The van der Waals surface area contributed by atoms with Crippen LogP contribution in [-0.4, -0.2) is 13.4 Å². The highest BCUT2D eigenvalue weighted by atomic mass is 127. The zero-order valence-electron chi connectivity index (χ0n) is 7.49. The summed E-state index contributed by atoms with van der Waals surface area (Å²) < 4.78 is 47.4. The largest absolute Gasteiger partial charge is 0.266 e. The molecular formula is C7H4F2IN3O2S. The van der Waals surface area contributed by atoms with Crippen LogP contribution in [0, 0.1) is 15.0 Å². The van der Waals surface area contributed by atoms with Gasteiger partial charge in [0.25, 0.3) is 6.43 Å². The molecule has 9 heteroatoms. The summed E-state index contributed by atoms with van der Waals surface area (Å²) in [6.45, 7) is 0. The number of sulfonamides is 1. The molecular weight excluding hydrogens is 355 g/mol. The first-order valence-electron chi connectivity index (χ1n) is 3.68. The Bertz CT molecular complexity index is 568. The molecule has 0 fully saturated rings. The Morgan fingerprint density at radius 1 is 1.56 bits per heavy atom. The number of aromatic nitrogens is 1. The van der Waals surface area contributed by atoms with Crippen molar-refractivity contribution in [2.45, 2.75) is 11.3 Å². The van der Waals surface area contributed by atoms with Gasteiger partial charge in [-0.1, -0.05) is 0 Å². The number of alkyl halides is 2. The first-order chi connectivity index (χ1) is 7.29. The number of nitrogens with zero attached hydrogens (tertiary/aromatic N) is 2. The van der Waals surface area contributed by atoms with Crippen molar-refractivity contribution in [3.8, 4) is 6.07 Å². The van der Waals surface area contributed by atoms with Gasteiger partial charge in [0, 0.05) is 6.20 Å². The van der Waals surface area contributed by atoms with Crippen molar-refractivity contribution in [1.29, 1.82) is 5.26 Å². The van der Waals surface area contributed by atoms with Crippen LogP contribution >= 0.6 is 22.6 Å². The number of nitrogens with two attached hydrogens (primary N) is 1. The third-order valence-electron chi connectivity index (χ3n) is 1.67. The number of pyridine rings is 1. The number of halogens is 3. The molecule has 2 N–H and O–H groups in total. The van der Waals surface area contributed by atoms with Gasteiger partial charge in [0.1, 0.15) is 14.7 Å². The Morgan fingerprint density at radius 2 is 2.12 bits per heavy atom. The minimum atomic E-state index is -4.32. The van der Waals surface area contributed by atoms with E-state index in [1.165, 1.54) is 6.07 Å². The predicted molar refractivity (Wildman–Crippen MR) is 58.0 cm³/mol. The molecule has 16 heavy (non-hydrogen) atoms. The van der Waals surface area contributed by atoms with Crippen molar-refractivity contribution in [2.75, 3.05) is 0 Å². The summed E-state index contributed by atoms with van der Waals surface area (Å²) in [4.78, 5) is 2.71. The number of primary sulfonamides is 1. The second-order valence-corrected chi connectivity index (χ2v) is 5.21. The van der Waals surface area contributed by atoms with E-state index >= 15 is 0 Å². The predicted octanol–water partition coefficient (Wildman–Crippen LogP) is 1.14. The maximum Gasteiger partial charge on any atom is 0.266 e. The number of hydrogen-bond donors (Lipinski definition) is 1. The molecule has 0 saturated heterocycles. The Labute approximate surface area is 103 Å². The zero-order chi connectivity index (χ0) is 12.5. The minimum Gasteiger partial charge on any atom is -0.247 e. The van der Waals surface area contributed by atoms with E-state index in [1.807, 2.05) is 0 Å². The molecule has 1 rings (SSSR count). The zero-order valence-corrected chi connectivity index (χ0v) is 10.5. The van der Waals surface area contributed by atoms with E-state index in [1.54, 1.807) is 22.6 Å². The second kappa shape index (κ2) is 4.56. The lowest BCUT2D eigenvalue weighted by atomic mass is 10.1. The molecule has 0 radical (unpaired) electrons. The van der Waals surface area contributed by atoms with Gasteiger partial charge in [-0.25, -0.2) is 27.3 Å². The molecule has 0 aliphatic carbocycles. The summed E-state index contributed by atoms with van der Waals surface area (Å²) in [6.07, 6.45) is -2.39. The molecule has 0 saturated carbocycles. The van der Waals surface area contributed by atoms with Crippen molar-refractivity contribution in [3.63, 3.8) is 0 Å². The van der Waals surface area contributed by atoms with Crippen LogP contribution in [0.25, 0.3) is 0 Å². The molecule has 1 aromatic rings. The molecule has 0 unspecified atom stereocenters. The van der Waals surface area contributed by atoms with Crippen molar-refractivity contribution < 1.29 is 17.2 Å². The topological polar surface area (TPSA) is 96.8 Å². The Hall–Kier alpha value is -0.860. The summed E-state index contributed by atoms with van der Waals surface area (Å²) >= 11 is 1.56. The van der Waals surface area contributed by atoms with Crippen molar-refractivity contribution >= 4 is 32.6 Å². The van der Waals surface area contributed by atoms with E-state index in [4.69, 9.17) is 10.4 Å². The van der Waals surface area contributed by atoms with Crippen LogP contribution in [0.2, 0.25) is 0 Å². The quantitative estimate of drug-likeness (QED) is 0.633. The first-order valence-corrected chi connectivity index (χ1v) is 6.31. The normalized spacial score (nSPS) is 11.5. The van der Waals surface area contributed by atoms with E-state index < -0.39 is 32.5 Å². The number of rotatable bonds is 2. The highest BCUT2D eigenvalue weighted by Gasteiger charge is 2.26. The molecule has 0 amide bonds. The van der Waals surface area contributed by atoms with E-state index in [0.717, 1.165) is 6.20 Å². The summed E-state index contributed by atoms with van der Waals surface area (Å²) in [6, 6.07) is 1.49. The summed E-state index contributed by atoms with van der Waals surface area (Å²) in [5, 5.41) is 13.4. The minimum absolute atomic E-state index is 0.00259. The van der Waals surface area contributed by atoms with Crippen LogP contribution in [0.3, 0.4) is 0 Å². The molecule has 0 aliphatic rings. The van der Waals surface area contributed by atoms with Gasteiger partial charge in [-0.05, 0) is 22.6 Å². The van der Waals surface area contributed by atoms with Gasteiger partial charge in [0.15, 0.2) is 0 Å². The number of nitriles is 1. The Balaban J connectivity index is 3.74. The van der Waals surface area contributed by atoms with Gasteiger partial charge >= 0.3 is 0 Å². The number of hydrogen-bond acceptors (Lipinski definition) is 4. The fraction of sp³-hybridized carbons (Fsp3) is 0.143. The maximum absolute atomic E-state index is 12.7. The van der Waals surface area contributed by atoms with E-state index in [2.05, 4.69) is 4.98 Å². The lowest BCUT2D eigenvalue weighted by Gasteiger charge is -2.09. The van der Waals surface area contributed by atoms with Crippen LogP contribution in [0.1, 0.15) is 17.6 Å². The van der Waals surface area contributed by atoms with Crippen LogP contribution in [-0.2, 0) is 10.0 Å². The molecule has 1 aromatic heterocycles. The van der Waals surface area contributed by atoms with Gasteiger partial charge in [0.05, 0.1) is 11.1 Å². The molecule has 1 heterocycles. The van der Waals surface area contributed by atoms with Gasteiger partial charge in [-0.3, -0.25) is 0 Å². The molecule has 0 bridgehead atoms. The smallest absolute Gasteiger partial charge is 0.247 e. The third kappa shape index (κ3) is 2.45. The van der Waals surface area contributed by atoms with Gasteiger partial charge in [0.2, 0.25) is 10.0 Å². The van der Waals surface area contributed by atoms with Crippen LogP contribution in [0.4, 0.5) is 8.78 Å². The molecule has 0 atom stereocenters. The summed E-state index contributed by atoms with van der Waals surface area (Å²) in [7, 11) is -4.32. The van der Waals surface area contributed by atoms with Gasteiger partial charge < -0.3 is 0 Å². The molecule has 0 aliphatic heterocycles. The third-order valence-corrected chi connectivity index (χ3v) is 3.43. The average Bonchev–Trinajstić information content (AvgIpc) is 2.14. The SMILES string of the molecule is N#Cc1c(I)ncc(S(N)(=O)=O)c1C(F)F. The molecule has 0 spiro atoms. The highest BCUT2D eigenvalue weighted by molar-refractivity contribution is 14.1. The lowest BCUT2D eigenvalue weighted by Crippen LogP contribution is -2.17. The standard InChI is InChI=1S/C7H4F2IN3O2S/c8-6(9)5-3(1-11)7(10)13-2-4(5)16(12,14)15/h2,6H,(H2,12,14,15). The van der Waals surface area contributed by atoms with Crippen LogP contribution < -0.4 is 5.14 Å². The average molecular weight is 359 g/mol. The molecule has 86 valence electrons. The van der Waals surface area contributed by atoms with Crippen molar-refractivity contribution in [3.05, 3.63) is 21.0 Å². The van der Waals surface area contributed by atoms with Crippen molar-refractivity contribution in [2.24, 2.45) is 5.14 Å². The van der Waals surface area contributed by atoms with Crippen LogP contribution in [0.5, 0.6) is 0 Å². The summed E-state index contributed by atoms with van der Waals surface area (Å²) in [5.74, 6) is 0. The lowest BCUT2D eigenvalue weighted by molar-refractivity contribution is 0.147. The fourth-order valence-electron chi connectivity index (χ4n) is 1.03. The highest BCUT2D eigenvalue weighted by Crippen LogP contribution is 2.30. The van der Waals surface area contributed by atoms with E-state index in [0.29, 0.717) is 0 Å².